The zero-order chi connectivity index (χ0) is 11.8. The van der Waals surface area contributed by atoms with Crippen molar-refractivity contribution < 1.29 is 4.79 Å². The SMILES string of the molecule is CN1CCN2c3ccccc3C(=O)NCC2C1. The monoisotopic (exact) mass is 231 g/mol. The van der Waals surface area contributed by atoms with Crippen LogP contribution in [0.3, 0.4) is 0 Å². The molecule has 0 bridgehead atoms. The third-order valence-corrected chi connectivity index (χ3v) is 3.64. The van der Waals surface area contributed by atoms with Gasteiger partial charge >= 0.3 is 0 Å². The molecule has 4 nitrogen and oxygen atoms in total. The minimum absolute atomic E-state index is 0.0534. The van der Waals surface area contributed by atoms with Gasteiger partial charge in [-0.2, -0.15) is 0 Å². The average Bonchev–Trinajstić information content (AvgIpc) is 2.48. The van der Waals surface area contributed by atoms with E-state index in [9.17, 15) is 4.79 Å². The molecular formula is C13H17N3O. The van der Waals surface area contributed by atoms with Gasteiger partial charge in [-0.1, -0.05) is 12.1 Å². The number of hydrogen-bond donors (Lipinski definition) is 1. The van der Waals surface area contributed by atoms with Crippen molar-refractivity contribution in [3.63, 3.8) is 0 Å². The number of hydrogen-bond acceptors (Lipinski definition) is 3. The molecule has 1 N–H and O–H groups in total. The fraction of sp³-hybridized carbons (Fsp3) is 0.462. The molecule has 0 aliphatic carbocycles. The standard InChI is InChI=1S/C13H17N3O/c1-15-6-7-16-10(9-15)8-14-13(17)11-4-2-3-5-12(11)16/h2-5,10H,6-9H2,1H3,(H,14,17). The summed E-state index contributed by atoms with van der Waals surface area (Å²) in [5.41, 5.74) is 1.89. The number of piperazine rings is 1. The Hall–Kier alpha value is -1.55. The van der Waals surface area contributed by atoms with Crippen LogP contribution < -0.4 is 10.2 Å². The van der Waals surface area contributed by atoms with Gasteiger partial charge in [0.1, 0.15) is 0 Å². The Morgan fingerprint density at radius 2 is 2.12 bits per heavy atom. The third-order valence-electron chi connectivity index (χ3n) is 3.64. The van der Waals surface area contributed by atoms with Crippen LogP contribution in [0.25, 0.3) is 0 Å². The predicted octanol–water partition coefficient (Wildman–Crippen LogP) is 0.550. The van der Waals surface area contributed by atoms with Gasteiger partial charge in [-0.3, -0.25) is 4.79 Å². The summed E-state index contributed by atoms with van der Waals surface area (Å²) >= 11 is 0. The molecule has 1 unspecified atom stereocenters. The van der Waals surface area contributed by atoms with E-state index in [0.29, 0.717) is 6.04 Å². The van der Waals surface area contributed by atoms with E-state index in [1.807, 2.05) is 18.2 Å². The van der Waals surface area contributed by atoms with Crippen LogP contribution in [-0.2, 0) is 0 Å². The molecule has 0 spiro atoms. The molecule has 0 aromatic heterocycles. The first-order valence-electron chi connectivity index (χ1n) is 6.08. The molecule has 1 amide bonds. The fourth-order valence-corrected chi connectivity index (χ4v) is 2.72. The highest BCUT2D eigenvalue weighted by atomic mass is 16.1. The predicted molar refractivity (Wildman–Crippen MR) is 67.4 cm³/mol. The second kappa shape index (κ2) is 4.04. The first kappa shape index (κ1) is 10.6. The number of likely N-dealkylation sites (N-methyl/N-ethyl adjacent to an activating group) is 1. The molecule has 2 aliphatic heterocycles. The zero-order valence-electron chi connectivity index (χ0n) is 10.0. The van der Waals surface area contributed by atoms with E-state index < -0.39 is 0 Å². The summed E-state index contributed by atoms with van der Waals surface area (Å²) in [5.74, 6) is 0.0534. The number of benzene rings is 1. The molecule has 90 valence electrons. The van der Waals surface area contributed by atoms with Crippen LogP contribution in [0.15, 0.2) is 24.3 Å². The highest BCUT2D eigenvalue weighted by Crippen LogP contribution is 2.26. The van der Waals surface area contributed by atoms with Crippen molar-refractivity contribution in [3.8, 4) is 0 Å². The van der Waals surface area contributed by atoms with Crippen molar-refractivity contribution >= 4 is 11.6 Å². The van der Waals surface area contributed by atoms with Crippen molar-refractivity contribution in [1.29, 1.82) is 0 Å². The summed E-state index contributed by atoms with van der Waals surface area (Å²) in [6.07, 6.45) is 0. The lowest BCUT2D eigenvalue weighted by molar-refractivity contribution is 0.0953. The van der Waals surface area contributed by atoms with Crippen LogP contribution in [0.5, 0.6) is 0 Å². The van der Waals surface area contributed by atoms with Crippen molar-refractivity contribution in [2.24, 2.45) is 0 Å². The van der Waals surface area contributed by atoms with Gasteiger partial charge in [-0.05, 0) is 19.2 Å². The largest absolute Gasteiger partial charge is 0.364 e. The summed E-state index contributed by atoms with van der Waals surface area (Å²) in [6.45, 7) is 3.79. The van der Waals surface area contributed by atoms with E-state index in [4.69, 9.17) is 0 Å². The normalized spacial score (nSPS) is 24.6. The number of para-hydroxylation sites is 1. The van der Waals surface area contributed by atoms with Gasteiger partial charge in [0.05, 0.1) is 11.6 Å². The van der Waals surface area contributed by atoms with Crippen LogP contribution in [0.2, 0.25) is 0 Å². The van der Waals surface area contributed by atoms with Gasteiger partial charge in [-0.15, -0.1) is 0 Å². The van der Waals surface area contributed by atoms with Gasteiger partial charge in [0, 0.05) is 31.9 Å². The summed E-state index contributed by atoms with van der Waals surface area (Å²) in [6, 6.07) is 8.28. The van der Waals surface area contributed by atoms with Gasteiger partial charge in [0.15, 0.2) is 0 Å². The van der Waals surface area contributed by atoms with Crippen molar-refractivity contribution in [1.82, 2.24) is 10.2 Å². The molecule has 1 atom stereocenters. The number of carbonyl (C=O) groups excluding carboxylic acids is 1. The van der Waals surface area contributed by atoms with E-state index in [-0.39, 0.29) is 5.91 Å². The molecule has 0 saturated carbocycles. The topological polar surface area (TPSA) is 35.6 Å². The Labute approximate surface area is 101 Å². The molecule has 17 heavy (non-hydrogen) atoms. The van der Waals surface area contributed by atoms with Crippen molar-refractivity contribution in [2.75, 3.05) is 38.1 Å². The van der Waals surface area contributed by atoms with Gasteiger partial charge in [0.25, 0.3) is 5.91 Å². The lowest BCUT2D eigenvalue weighted by atomic mass is 10.1. The Morgan fingerprint density at radius 1 is 1.29 bits per heavy atom. The van der Waals surface area contributed by atoms with E-state index in [0.717, 1.165) is 37.4 Å². The molecule has 1 aromatic carbocycles. The summed E-state index contributed by atoms with van der Waals surface area (Å²) in [4.78, 5) is 16.7. The number of nitrogens with one attached hydrogen (secondary N) is 1. The van der Waals surface area contributed by atoms with Crippen molar-refractivity contribution in [3.05, 3.63) is 29.8 Å². The maximum absolute atomic E-state index is 12.0. The second-order valence-corrected chi connectivity index (χ2v) is 4.84. The summed E-state index contributed by atoms with van der Waals surface area (Å²) < 4.78 is 0. The van der Waals surface area contributed by atoms with Crippen molar-refractivity contribution in [2.45, 2.75) is 6.04 Å². The molecule has 2 heterocycles. The van der Waals surface area contributed by atoms with E-state index in [1.54, 1.807) is 0 Å². The molecule has 3 rings (SSSR count). The molecule has 2 aliphatic rings. The van der Waals surface area contributed by atoms with Gasteiger partial charge < -0.3 is 15.1 Å². The maximum Gasteiger partial charge on any atom is 0.253 e. The molecule has 0 radical (unpaired) electrons. The smallest absolute Gasteiger partial charge is 0.253 e. The number of carbonyl (C=O) groups is 1. The molecule has 4 heteroatoms. The van der Waals surface area contributed by atoms with Gasteiger partial charge in [-0.25, -0.2) is 0 Å². The number of amides is 1. The van der Waals surface area contributed by atoms with Crippen LogP contribution in [0.4, 0.5) is 5.69 Å². The zero-order valence-corrected chi connectivity index (χ0v) is 10.0. The molecule has 1 fully saturated rings. The van der Waals surface area contributed by atoms with Crippen LogP contribution in [0.1, 0.15) is 10.4 Å². The number of fused-ring (bicyclic) bond motifs is 3. The lowest BCUT2D eigenvalue weighted by Crippen LogP contribution is -2.54. The van der Waals surface area contributed by atoms with E-state index in [1.165, 1.54) is 0 Å². The summed E-state index contributed by atoms with van der Waals surface area (Å²) in [5, 5.41) is 3.01. The molecule has 1 saturated heterocycles. The Morgan fingerprint density at radius 3 is 3.00 bits per heavy atom. The first-order chi connectivity index (χ1) is 8.25. The first-order valence-corrected chi connectivity index (χ1v) is 6.08. The Bertz CT molecular complexity index is 446. The summed E-state index contributed by atoms with van der Waals surface area (Å²) in [7, 11) is 2.13. The Balaban J connectivity index is 2.02. The minimum Gasteiger partial charge on any atom is -0.364 e. The molecule has 1 aromatic rings. The quantitative estimate of drug-likeness (QED) is 0.708. The number of rotatable bonds is 0. The second-order valence-electron chi connectivity index (χ2n) is 4.84. The highest BCUT2D eigenvalue weighted by molar-refractivity contribution is 6.00. The Kier molecular flexibility index (Phi) is 2.52. The third kappa shape index (κ3) is 1.78. The van der Waals surface area contributed by atoms with E-state index in [2.05, 4.69) is 28.2 Å². The fourth-order valence-electron chi connectivity index (χ4n) is 2.72. The average molecular weight is 231 g/mol. The minimum atomic E-state index is 0.0534. The highest BCUT2D eigenvalue weighted by Gasteiger charge is 2.30. The van der Waals surface area contributed by atoms with E-state index >= 15 is 0 Å². The van der Waals surface area contributed by atoms with Gasteiger partial charge in [0.2, 0.25) is 0 Å². The number of anilines is 1. The lowest BCUT2D eigenvalue weighted by Gasteiger charge is -2.40. The van der Waals surface area contributed by atoms with Crippen LogP contribution in [-0.4, -0.2) is 50.1 Å². The maximum atomic E-state index is 12.0. The number of nitrogens with zero attached hydrogens (tertiary/aromatic N) is 2. The van der Waals surface area contributed by atoms with Crippen LogP contribution >= 0.6 is 0 Å². The van der Waals surface area contributed by atoms with Crippen LogP contribution in [0, 0.1) is 0 Å². The molecular weight excluding hydrogens is 214 g/mol.